The summed E-state index contributed by atoms with van der Waals surface area (Å²) < 4.78 is 0. The third-order valence-electron chi connectivity index (χ3n) is 2.21. The lowest BCUT2D eigenvalue weighted by molar-refractivity contribution is -0.120. The number of amides is 1. The Morgan fingerprint density at radius 3 is 2.24 bits per heavy atom. The summed E-state index contributed by atoms with van der Waals surface area (Å²) in [5.74, 6) is -0.0331. The first-order chi connectivity index (χ1) is 7.79. The zero-order valence-electron chi connectivity index (χ0n) is 11.5. The fourth-order valence-electron chi connectivity index (χ4n) is 1.48. The second-order valence-corrected chi connectivity index (χ2v) is 4.63. The maximum Gasteiger partial charge on any atom is 0.217 e. The summed E-state index contributed by atoms with van der Waals surface area (Å²) in [7, 11) is 0. The van der Waals surface area contributed by atoms with Gasteiger partial charge in [0, 0.05) is 6.92 Å². The van der Waals surface area contributed by atoms with E-state index in [0.29, 0.717) is 0 Å². The average Bonchev–Trinajstić information content (AvgIpc) is 2.13. The number of hydrogen-bond donors (Lipinski definition) is 1. The van der Waals surface area contributed by atoms with Gasteiger partial charge in [0.25, 0.3) is 0 Å². The molecule has 0 fully saturated rings. The third-order valence-corrected chi connectivity index (χ3v) is 2.21. The van der Waals surface area contributed by atoms with Crippen LogP contribution in [0.5, 0.6) is 0 Å². The van der Waals surface area contributed by atoms with Crippen LogP contribution in [0, 0.1) is 0 Å². The molecule has 2 heteroatoms. The quantitative estimate of drug-likeness (QED) is 0.723. The molecule has 0 saturated heterocycles. The molecule has 0 aromatic heterocycles. The summed E-state index contributed by atoms with van der Waals surface area (Å²) in [6.07, 6.45) is 9.84. The van der Waals surface area contributed by atoms with Crippen LogP contribution in [0.3, 0.4) is 0 Å². The molecular formula is C15H23NO. The minimum atomic E-state index is -0.377. The highest BCUT2D eigenvalue weighted by Crippen LogP contribution is 2.17. The highest BCUT2D eigenvalue weighted by Gasteiger charge is 2.21. The Balaban J connectivity index is 5.08. The predicted molar refractivity (Wildman–Crippen MR) is 74.7 cm³/mol. The lowest BCUT2D eigenvalue weighted by atomic mass is 9.92. The molecule has 0 atom stereocenters. The summed E-state index contributed by atoms with van der Waals surface area (Å²) >= 11 is 0. The van der Waals surface area contributed by atoms with E-state index in [2.05, 4.69) is 11.9 Å². The Kier molecular flexibility index (Phi) is 6.26. The fraction of sp³-hybridized carbons (Fsp3) is 0.400. The number of rotatable bonds is 5. The van der Waals surface area contributed by atoms with E-state index in [1.807, 2.05) is 58.1 Å². The van der Waals surface area contributed by atoms with Crippen LogP contribution in [0.2, 0.25) is 0 Å². The molecule has 0 spiro atoms. The van der Waals surface area contributed by atoms with Crippen molar-refractivity contribution in [2.24, 2.45) is 0 Å². The first-order valence-corrected chi connectivity index (χ1v) is 5.75. The van der Waals surface area contributed by atoms with Gasteiger partial charge in [0.1, 0.15) is 0 Å². The van der Waals surface area contributed by atoms with E-state index in [9.17, 15) is 4.79 Å². The summed E-state index contributed by atoms with van der Waals surface area (Å²) in [5.41, 5.74) is 1.67. The average molecular weight is 233 g/mol. The van der Waals surface area contributed by atoms with Crippen LogP contribution in [0.1, 0.15) is 34.6 Å². The fourth-order valence-corrected chi connectivity index (χ4v) is 1.48. The SMILES string of the molecule is C=C(C)/C=C/C=C(\C=C/C)C(C)(C)NC(C)=O. The van der Waals surface area contributed by atoms with Gasteiger partial charge >= 0.3 is 0 Å². The molecule has 0 aromatic rings. The molecule has 0 aromatic carbocycles. The number of carbonyl (C=O) groups excluding carboxylic acids is 1. The van der Waals surface area contributed by atoms with Gasteiger partial charge in [-0.15, -0.1) is 0 Å². The normalized spacial score (nSPS) is 13.4. The lowest BCUT2D eigenvalue weighted by Gasteiger charge is -2.27. The molecule has 0 unspecified atom stereocenters. The Hall–Kier alpha value is -1.57. The lowest BCUT2D eigenvalue weighted by Crippen LogP contribution is -2.43. The molecule has 17 heavy (non-hydrogen) atoms. The van der Waals surface area contributed by atoms with Crippen molar-refractivity contribution in [3.8, 4) is 0 Å². The Labute approximate surface area is 105 Å². The smallest absolute Gasteiger partial charge is 0.217 e. The molecule has 1 N–H and O–H groups in total. The summed E-state index contributed by atoms with van der Waals surface area (Å²) in [6, 6.07) is 0. The molecular weight excluding hydrogens is 210 g/mol. The van der Waals surface area contributed by atoms with Crippen molar-refractivity contribution in [1.82, 2.24) is 5.32 Å². The second-order valence-electron chi connectivity index (χ2n) is 4.63. The predicted octanol–water partition coefficient (Wildman–Crippen LogP) is 3.54. The van der Waals surface area contributed by atoms with E-state index in [1.165, 1.54) is 6.92 Å². The van der Waals surface area contributed by atoms with Crippen LogP contribution in [-0.4, -0.2) is 11.4 Å². The van der Waals surface area contributed by atoms with Gasteiger partial charge in [0.15, 0.2) is 0 Å². The van der Waals surface area contributed by atoms with E-state index in [4.69, 9.17) is 0 Å². The maximum absolute atomic E-state index is 11.2. The van der Waals surface area contributed by atoms with Gasteiger partial charge in [-0.05, 0) is 33.3 Å². The van der Waals surface area contributed by atoms with Gasteiger partial charge in [-0.2, -0.15) is 0 Å². The Morgan fingerprint density at radius 2 is 1.82 bits per heavy atom. The van der Waals surface area contributed by atoms with E-state index in [-0.39, 0.29) is 11.4 Å². The van der Waals surface area contributed by atoms with Gasteiger partial charge in [-0.3, -0.25) is 4.79 Å². The van der Waals surface area contributed by atoms with Crippen molar-refractivity contribution < 1.29 is 4.79 Å². The molecule has 0 aliphatic rings. The van der Waals surface area contributed by atoms with E-state index < -0.39 is 0 Å². The van der Waals surface area contributed by atoms with Crippen LogP contribution < -0.4 is 5.32 Å². The molecule has 0 aliphatic carbocycles. The van der Waals surface area contributed by atoms with Crippen molar-refractivity contribution in [3.05, 3.63) is 48.1 Å². The Bertz CT molecular complexity index is 370. The van der Waals surface area contributed by atoms with Gasteiger partial charge in [0.05, 0.1) is 5.54 Å². The van der Waals surface area contributed by atoms with Gasteiger partial charge in [-0.1, -0.05) is 42.5 Å². The summed E-state index contributed by atoms with van der Waals surface area (Å²) in [5, 5.41) is 2.93. The van der Waals surface area contributed by atoms with Crippen LogP contribution in [0.25, 0.3) is 0 Å². The third kappa shape index (κ3) is 6.56. The zero-order chi connectivity index (χ0) is 13.5. The second kappa shape index (κ2) is 6.89. The molecule has 0 radical (unpaired) electrons. The first-order valence-electron chi connectivity index (χ1n) is 5.75. The van der Waals surface area contributed by atoms with Crippen LogP contribution in [0.15, 0.2) is 48.1 Å². The number of carbonyl (C=O) groups is 1. The Morgan fingerprint density at radius 1 is 1.24 bits per heavy atom. The van der Waals surface area contributed by atoms with E-state index in [1.54, 1.807) is 0 Å². The van der Waals surface area contributed by atoms with Crippen molar-refractivity contribution >= 4 is 5.91 Å². The number of hydrogen-bond acceptors (Lipinski definition) is 1. The minimum absolute atomic E-state index is 0.0331. The topological polar surface area (TPSA) is 29.1 Å². The standard InChI is InChI=1S/C15H23NO/c1-7-9-14(11-8-10-12(2)3)15(5,6)16-13(4)17/h7-11H,2H2,1,3-6H3,(H,16,17)/b9-7-,10-8+,14-11+. The summed E-state index contributed by atoms with van der Waals surface area (Å²) in [6.45, 7) is 13.2. The van der Waals surface area contributed by atoms with E-state index >= 15 is 0 Å². The zero-order valence-corrected chi connectivity index (χ0v) is 11.5. The van der Waals surface area contributed by atoms with Crippen molar-refractivity contribution in [2.45, 2.75) is 40.2 Å². The van der Waals surface area contributed by atoms with Crippen LogP contribution >= 0.6 is 0 Å². The van der Waals surface area contributed by atoms with Crippen LogP contribution in [-0.2, 0) is 4.79 Å². The highest BCUT2D eigenvalue weighted by molar-refractivity contribution is 5.74. The molecule has 0 aliphatic heterocycles. The monoisotopic (exact) mass is 233 g/mol. The molecule has 0 bridgehead atoms. The maximum atomic E-state index is 11.2. The van der Waals surface area contributed by atoms with Gasteiger partial charge in [0.2, 0.25) is 5.91 Å². The summed E-state index contributed by atoms with van der Waals surface area (Å²) in [4.78, 5) is 11.2. The number of allylic oxidation sites excluding steroid dienone is 5. The largest absolute Gasteiger partial charge is 0.347 e. The van der Waals surface area contributed by atoms with E-state index in [0.717, 1.165) is 11.1 Å². The molecule has 1 amide bonds. The van der Waals surface area contributed by atoms with Crippen molar-refractivity contribution in [2.75, 3.05) is 0 Å². The number of nitrogens with one attached hydrogen (secondary N) is 1. The van der Waals surface area contributed by atoms with Crippen molar-refractivity contribution in [1.29, 1.82) is 0 Å². The molecule has 0 heterocycles. The van der Waals surface area contributed by atoms with Gasteiger partial charge < -0.3 is 5.32 Å². The molecule has 94 valence electrons. The molecule has 0 saturated carbocycles. The highest BCUT2D eigenvalue weighted by atomic mass is 16.1. The molecule has 0 rings (SSSR count). The van der Waals surface area contributed by atoms with Gasteiger partial charge in [-0.25, -0.2) is 0 Å². The first kappa shape index (κ1) is 15.4. The van der Waals surface area contributed by atoms with Crippen LogP contribution in [0.4, 0.5) is 0 Å². The molecule has 2 nitrogen and oxygen atoms in total. The van der Waals surface area contributed by atoms with Crippen molar-refractivity contribution in [3.63, 3.8) is 0 Å². The minimum Gasteiger partial charge on any atom is -0.347 e.